The van der Waals surface area contributed by atoms with Gasteiger partial charge in [0.15, 0.2) is 0 Å². The Bertz CT molecular complexity index is 106. The minimum atomic E-state index is 0.643. The van der Waals surface area contributed by atoms with Crippen molar-refractivity contribution in [2.75, 3.05) is 19.8 Å². The Kier molecular flexibility index (Phi) is 10.9. The van der Waals surface area contributed by atoms with Crippen LogP contribution in [0.1, 0.15) is 52.9 Å². The lowest BCUT2D eigenvalue weighted by Gasteiger charge is -2.13. The third-order valence-corrected chi connectivity index (χ3v) is 2.37. The molecule has 0 aliphatic rings. The maximum Gasteiger partial charge on any atom is 0.0590 e. The summed E-state index contributed by atoms with van der Waals surface area (Å²) < 4.78 is 5.47. The van der Waals surface area contributed by atoms with Crippen LogP contribution in [0.5, 0.6) is 0 Å². The van der Waals surface area contributed by atoms with Crippen molar-refractivity contribution < 1.29 is 4.74 Å². The monoisotopic (exact) mass is 201 g/mol. The second-order valence-electron chi connectivity index (χ2n) is 3.96. The SMILES string of the molecule is CCCCOCCNC(C)CCCC. The predicted molar refractivity (Wildman–Crippen MR) is 62.7 cm³/mol. The molecular weight excluding hydrogens is 174 g/mol. The number of nitrogens with one attached hydrogen (secondary N) is 1. The minimum absolute atomic E-state index is 0.643. The maximum atomic E-state index is 5.47. The van der Waals surface area contributed by atoms with Gasteiger partial charge in [0.25, 0.3) is 0 Å². The van der Waals surface area contributed by atoms with Crippen molar-refractivity contribution >= 4 is 0 Å². The smallest absolute Gasteiger partial charge is 0.0590 e. The zero-order valence-corrected chi connectivity index (χ0v) is 10.1. The largest absolute Gasteiger partial charge is 0.380 e. The van der Waals surface area contributed by atoms with Crippen LogP contribution in [-0.4, -0.2) is 25.8 Å². The topological polar surface area (TPSA) is 21.3 Å². The number of rotatable bonds is 10. The molecule has 0 saturated carbocycles. The average molecular weight is 201 g/mol. The van der Waals surface area contributed by atoms with Gasteiger partial charge < -0.3 is 10.1 Å². The van der Waals surface area contributed by atoms with Crippen LogP contribution < -0.4 is 5.32 Å². The van der Waals surface area contributed by atoms with Crippen LogP contribution >= 0.6 is 0 Å². The highest BCUT2D eigenvalue weighted by Crippen LogP contribution is 1.98. The van der Waals surface area contributed by atoms with Crippen LogP contribution in [0.15, 0.2) is 0 Å². The molecule has 0 saturated heterocycles. The fraction of sp³-hybridized carbons (Fsp3) is 1.00. The molecule has 86 valence electrons. The van der Waals surface area contributed by atoms with Gasteiger partial charge >= 0.3 is 0 Å². The zero-order valence-electron chi connectivity index (χ0n) is 10.1. The van der Waals surface area contributed by atoms with E-state index in [1.165, 1.54) is 32.1 Å². The molecule has 0 spiro atoms. The van der Waals surface area contributed by atoms with Crippen LogP contribution in [-0.2, 0) is 4.74 Å². The molecule has 0 aromatic carbocycles. The number of hydrogen-bond acceptors (Lipinski definition) is 2. The molecule has 0 rings (SSSR count). The Morgan fingerprint density at radius 3 is 2.43 bits per heavy atom. The van der Waals surface area contributed by atoms with Gasteiger partial charge in [0.05, 0.1) is 6.61 Å². The number of hydrogen-bond donors (Lipinski definition) is 1. The van der Waals surface area contributed by atoms with E-state index in [9.17, 15) is 0 Å². The molecule has 0 fully saturated rings. The average Bonchev–Trinajstić information content (AvgIpc) is 2.20. The molecule has 1 unspecified atom stereocenters. The third kappa shape index (κ3) is 10.0. The lowest BCUT2D eigenvalue weighted by atomic mass is 10.1. The second-order valence-corrected chi connectivity index (χ2v) is 3.96. The van der Waals surface area contributed by atoms with Gasteiger partial charge in [-0.05, 0) is 19.8 Å². The summed E-state index contributed by atoms with van der Waals surface area (Å²) in [6, 6.07) is 0.643. The third-order valence-electron chi connectivity index (χ3n) is 2.37. The molecule has 2 heteroatoms. The Labute approximate surface area is 89.4 Å². The van der Waals surface area contributed by atoms with Gasteiger partial charge in [-0.1, -0.05) is 33.1 Å². The molecule has 0 radical (unpaired) electrons. The molecular formula is C12H27NO. The van der Waals surface area contributed by atoms with Gasteiger partial charge in [-0.3, -0.25) is 0 Å². The van der Waals surface area contributed by atoms with Crippen LogP contribution in [0.3, 0.4) is 0 Å². The van der Waals surface area contributed by atoms with Gasteiger partial charge in [-0.2, -0.15) is 0 Å². The standard InChI is InChI=1S/C12H27NO/c1-4-6-8-12(3)13-9-11-14-10-7-5-2/h12-13H,4-11H2,1-3H3. The Hall–Kier alpha value is -0.0800. The van der Waals surface area contributed by atoms with Crippen LogP contribution in [0, 0.1) is 0 Å². The molecule has 0 aromatic heterocycles. The van der Waals surface area contributed by atoms with Crippen molar-refractivity contribution in [3.8, 4) is 0 Å². The Morgan fingerprint density at radius 2 is 1.79 bits per heavy atom. The van der Waals surface area contributed by atoms with E-state index in [1.807, 2.05) is 0 Å². The summed E-state index contributed by atoms with van der Waals surface area (Å²) in [5, 5.41) is 3.47. The van der Waals surface area contributed by atoms with Crippen LogP contribution in [0.4, 0.5) is 0 Å². The van der Waals surface area contributed by atoms with Gasteiger partial charge in [0.2, 0.25) is 0 Å². The van der Waals surface area contributed by atoms with Gasteiger partial charge in [0.1, 0.15) is 0 Å². The van der Waals surface area contributed by atoms with E-state index < -0.39 is 0 Å². The first kappa shape index (κ1) is 13.9. The van der Waals surface area contributed by atoms with Crippen molar-refractivity contribution in [3.63, 3.8) is 0 Å². The fourth-order valence-electron chi connectivity index (χ4n) is 1.34. The van der Waals surface area contributed by atoms with Gasteiger partial charge in [-0.25, -0.2) is 0 Å². The quantitative estimate of drug-likeness (QED) is 0.549. The summed E-state index contributed by atoms with van der Waals surface area (Å²) in [5.74, 6) is 0. The summed E-state index contributed by atoms with van der Waals surface area (Å²) in [6.07, 6.45) is 6.31. The fourth-order valence-corrected chi connectivity index (χ4v) is 1.34. The van der Waals surface area contributed by atoms with E-state index in [2.05, 4.69) is 26.1 Å². The predicted octanol–water partition coefficient (Wildman–Crippen LogP) is 2.97. The van der Waals surface area contributed by atoms with E-state index in [4.69, 9.17) is 4.74 Å². The summed E-state index contributed by atoms with van der Waals surface area (Å²) in [7, 11) is 0. The first-order chi connectivity index (χ1) is 6.81. The van der Waals surface area contributed by atoms with Crippen LogP contribution in [0.25, 0.3) is 0 Å². The highest BCUT2D eigenvalue weighted by molar-refractivity contribution is 4.59. The van der Waals surface area contributed by atoms with E-state index in [-0.39, 0.29) is 0 Å². The first-order valence-electron chi connectivity index (χ1n) is 6.12. The molecule has 0 aliphatic heterocycles. The van der Waals surface area contributed by atoms with Crippen molar-refractivity contribution in [1.82, 2.24) is 5.32 Å². The van der Waals surface area contributed by atoms with Gasteiger partial charge in [0, 0.05) is 19.2 Å². The summed E-state index contributed by atoms with van der Waals surface area (Å²) >= 11 is 0. The Balaban J connectivity index is 3.02. The van der Waals surface area contributed by atoms with Crippen molar-refractivity contribution in [2.45, 2.75) is 58.9 Å². The minimum Gasteiger partial charge on any atom is -0.380 e. The molecule has 0 bridgehead atoms. The second kappa shape index (κ2) is 11.0. The molecule has 0 heterocycles. The lowest BCUT2D eigenvalue weighted by molar-refractivity contribution is 0.131. The Morgan fingerprint density at radius 1 is 1.07 bits per heavy atom. The van der Waals surface area contributed by atoms with E-state index in [1.54, 1.807) is 0 Å². The summed E-state index contributed by atoms with van der Waals surface area (Å²) in [5.41, 5.74) is 0. The molecule has 2 nitrogen and oxygen atoms in total. The normalized spacial score (nSPS) is 13.1. The maximum absolute atomic E-state index is 5.47. The van der Waals surface area contributed by atoms with E-state index in [0.717, 1.165) is 19.8 Å². The molecule has 1 N–H and O–H groups in total. The molecule has 0 amide bonds. The van der Waals surface area contributed by atoms with Crippen molar-refractivity contribution in [2.24, 2.45) is 0 Å². The van der Waals surface area contributed by atoms with E-state index in [0.29, 0.717) is 6.04 Å². The molecule has 14 heavy (non-hydrogen) atoms. The number of ether oxygens (including phenoxy) is 1. The van der Waals surface area contributed by atoms with Crippen molar-refractivity contribution in [3.05, 3.63) is 0 Å². The highest BCUT2D eigenvalue weighted by atomic mass is 16.5. The molecule has 0 aromatic rings. The highest BCUT2D eigenvalue weighted by Gasteiger charge is 1.98. The number of unbranched alkanes of at least 4 members (excludes halogenated alkanes) is 2. The zero-order chi connectivity index (χ0) is 10.6. The van der Waals surface area contributed by atoms with Crippen molar-refractivity contribution in [1.29, 1.82) is 0 Å². The van der Waals surface area contributed by atoms with Gasteiger partial charge in [-0.15, -0.1) is 0 Å². The first-order valence-corrected chi connectivity index (χ1v) is 6.12. The summed E-state index contributed by atoms with van der Waals surface area (Å²) in [4.78, 5) is 0. The molecule has 0 aliphatic carbocycles. The lowest BCUT2D eigenvalue weighted by Crippen LogP contribution is -2.29. The van der Waals surface area contributed by atoms with E-state index >= 15 is 0 Å². The molecule has 1 atom stereocenters. The summed E-state index contributed by atoms with van der Waals surface area (Å²) in [6.45, 7) is 9.45. The van der Waals surface area contributed by atoms with Crippen LogP contribution in [0.2, 0.25) is 0 Å².